The Labute approximate surface area is 322 Å². The van der Waals surface area contributed by atoms with Gasteiger partial charge in [0.15, 0.2) is 0 Å². The van der Waals surface area contributed by atoms with Crippen LogP contribution in [-0.4, -0.2) is 0 Å². The summed E-state index contributed by atoms with van der Waals surface area (Å²) in [6.07, 6.45) is 0. The lowest BCUT2D eigenvalue weighted by atomic mass is 9.96. The van der Waals surface area contributed by atoms with E-state index in [-0.39, 0.29) is 0 Å². The molecule has 0 radical (unpaired) electrons. The normalized spacial score (nSPS) is 11.3. The summed E-state index contributed by atoms with van der Waals surface area (Å²) in [5.74, 6) is 0. The highest BCUT2D eigenvalue weighted by atomic mass is 15.1. The van der Waals surface area contributed by atoms with Gasteiger partial charge in [-0.2, -0.15) is 0 Å². The van der Waals surface area contributed by atoms with Crippen LogP contribution >= 0.6 is 0 Å². The predicted molar refractivity (Wildman–Crippen MR) is 235 cm³/mol. The molecule has 10 aromatic rings. The van der Waals surface area contributed by atoms with Crippen LogP contribution in [-0.2, 0) is 0 Å². The first-order chi connectivity index (χ1) is 27.2. The van der Waals surface area contributed by atoms with Crippen molar-refractivity contribution in [2.45, 2.75) is 0 Å². The van der Waals surface area contributed by atoms with Gasteiger partial charge in [0.2, 0.25) is 0 Å². The van der Waals surface area contributed by atoms with E-state index in [0.717, 1.165) is 17.1 Å². The van der Waals surface area contributed by atoms with Crippen molar-refractivity contribution in [2.75, 3.05) is 4.90 Å². The minimum absolute atomic E-state index is 1.10. The van der Waals surface area contributed by atoms with Gasteiger partial charge in [0.25, 0.3) is 0 Å². The van der Waals surface area contributed by atoms with Gasteiger partial charge in [0, 0.05) is 17.1 Å². The smallest absolute Gasteiger partial charge is 0.0468 e. The zero-order valence-corrected chi connectivity index (χ0v) is 30.3. The Bertz CT molecular complexity index is 2930. The van der Waals surface area contributed by atoms with Crippen LogP contribution < -0.4 is 4.90 Å². The van der Waals surface area contributed by atoms with E-state index in [1.54, 1.807) is 0 Å². The Morgan fingerprint density at radius 2 is 0.600 bits per heavy atom. The van der Waals surface area contributed by atoms with Crippen molar-refractivity contribution in [3.8, 4) is 44.5 Å². The number of fused-ring (bicyclic) bond motifs is 5. The number of rotatable bonds is 7. The Morgan fingerprint density at radius 3 is 1.20 bits per heavy atom. The second kappa shape index (κ2) is 14.0. The molecule has 1 nitrogen and oxygen atoms in total. The van der Waals surface area contributed by atoms with Crippen molar-refractivity contribution in [1.82, 2.24) is 0 Å². The van der Waals surface area contributed by atoms with Crippen LogP contribution in [0.5, 0.6) is 0 Å². The molecule has 0 aromatic heterocycles. The van der Waals surface area contributed by atoms with Crippen molar-refractivity contribution >= 4 is 49.4 Å². The molecule has 0 heterocycles. The van der Waals surface area contributed by atoms with Crippen LogP contribution in [0.4, 0.5) is 17.1 Å². The molecular weight excluding hydrogens is 663 g/mol. The van der Waals surface area contributed by atoms with E-state index in [4.69, 9.17) is 0 Å². The van der Waals surface area contributed by atoms with E-state index in [9.17, 15) is 0 Å². The molecule has 0 aliphatic carbocycles. The van der Waals surface area contributed by atoms with E-state index in [1.807, 2.05) is 0 Å². The summed E-state index contributed by atoms with van der Waals surface area (Å²) in [4.78, 5) is 2.39. The molecule has 0 fully saturated rings. The number of hydrogen-bond donors (Lipinski definition) is 0. The van der Waals surface area contributed by atoms with Crippen molar-refractivity contribution < 1.29 is 0 Å². The third-order valence-corrected chi connectivity index (χ3v) is 10.9. The van der Waals surface area contributed by atoms with Crippen molar-refractivity contribution in [3.05, 3.63) is 224 Å². The summed E-state index contributed by atoms with van der Waals surface area (Å²) < 4.78 is 0. The third-order valence-electron chi connectivity index (χ3n) is 10.9. The van der Waals surface area contributed by atoms with Gasteiger partial charge in [0.05, 0.1) is 0 Å². The van der Waals surface area contributed by atoms with Crippen LogP contribution in [0.25, 0.3) is 76.8 Å². The Kier molecular flexibility index (Phi) is 8.24. The minimum atomic E-state index is 1.10. The first-order valence-corrected chi connectivity index (χ1v) is 18.9. The zero-order chi connectivity index (χ0) is 36.6. The molecule has 0 unspecified atom stereocenters. The van der Waals surface area contributed by atoms with Gasteiger partial charge in [-0.05, 0) is 113 Å². The maximum absolute atomic E-state index is 2.39. The molecule has 0 saturated carbocycles. The summed E-state index contributed by atoms with van der Waals surface area (Å²) in [6.45, 7) is 0. The highest BCUT2D eigenvalue weighted by Crippen LogP contribution is 2.41. The zero-order valence-electron chi connectivity index (χ0n) is 30.3. The van der Waals surface area contributed by atoms with Crippen LogP contribution in [0.1, 0.15) is 0 Å². The fourth-order valence-corrected chi connectivity index (χ4v) is 7.99. The van der Waals surface area contributed by atoms with Crippen LogP contribution in [0.2, 0.25) is 0 Å². The van der Waals surface area contributed by atoms with Crippen molar-refractivity contribution in [3.63, 3.8) is 0 Å². The van der Waals surface area contributed by atoms with Crippen LogP contribution in [0.15, 0.2) is 224 Å². The second-order valence-electron chi connectivity index (χ2n) is 14.2. The van der Waals surface area contributed by atoms with Gasteiger partial charge in [-0.3, -0.25) is 0 Å². The molecule has 0 amide bonds. The summed E-state index contributed by atoms with van der Waals surface area (Å²) in [7, 11) is 0. The Morgan fingerprint density at radius 1 is 0.200 bits per heavy atom. The van der Waals surface area contributed by atoms with E-state index in [1.165, 1.54) is 76.8 Å². The standard InChI is InChI=1S/C54H37N/c1-3-10-38(11-4-1)40-18-20-42(21-19-40)43-26-31-48(32-27-43)55(49-16-9-15-47(36-49)44-24-22-41(23-25-44)39-12-5-2-6-13-39)50-33-28-46-30-34-52-51-17-8-7-14-45(51)29-35-53(52)54(46)37-50/h1-37H. The average molecular weight is 700 g/mol. The van der Waals surface area contributed by atoms with Gasteiger partial charge >= 0.3 is 0 Å². The first kappa shape index (κ1) is 32.4. The van der Waals surface area contributed by atoms with Crippen LogP contribution in [0, 0.1) is 0 Å². The lowest BCUT2D eigenvalue weighted by molar-refractivity contribution is 1.29. The lowest BCUT2D eigenvalue weighted by Gasteiger charge is -2.27. The average Bonchev–Trinajstić information content (AvgIpc) is 3.27. The fraction of sp³-hybridized carbons (Fsp3) is 0. The van der Waals surface area contributed by atoms with Gasteiger partial charge in [-0.25, -0.2) is 0 Å². The summed E-state index contributed by atoms with van der Waals surface area (Å²) in [5.41, 5.74) is 13.0. The number of nitrogens with zero attached hydrogens (tertiary/aromatic N) is 1. The molecule has 0 aliphatic heterocycles. The summed E-state index contributed by atoms with van der Waals surface area (Å²) in [5, 5.41) is 7.55. The molecular formula is C54H37N. The predicted octanol–water partition coefficient (Wildman–Crippen LogP) is 15.3. The molecule has 10 aromatic carbocycles. The van der Waals surface area contributed by atoms with Gasteiger partial charge in [0.1, 0.15) is 0 Å². The summed E-state index contributed by atoms with van der Waals surface area (Å²) in [6, 6.07) is 81.4. The molecule has 55 heavy (non-hydrogen) atoms. The number of anilines is 3. The molecule has 0 spiro atoms. The van der Waals surface area contributed by atoms with Gasteiger partial charge < -0.3 is 4.90 Å². The topological polar surface area (TPSA) is 3.24 Å². The molecule has 0 atom stereocenters. The first-order valence-electron chi connectivity index (χ1n) is 18.9. The van der Waals surface area contributed by atoms with Crippen molar-refractivity contribution in [1.29, 1.82) is 0 Å². The highest BCUT2D eigenvalue weighted by Gasteiger charge is 2.16. The van der Waals surface area contributed by atoms with Gasteiger partial charge in [-0.15, -0.1) is 0 Å². The quantitative estimate of drug-likeness (QED) is 0.150. The monoisotopic (exact) mass is 699 g/mol. The molecule has 10 rings (SSSR count). The second-order valence-corrected chi connectivity index (χ2v) is 14.2. The molecule has 1 heteroatoms. The van der Waals surface area contributed by atoms with E-state index < -0.39 is 0 Å². The van der Waals surface area contributed by atoms with E-state index >= 15 is 0 Å². The van der Waals surface area contributed by atoms with E-state index in [0.29, 0.717) is 0 Å². The Balaban J connectivity index is 1.07. The van der Waals surface area contributed by atoms with Gasteiger partial charge in [-0.1, -0.05) is 188 Å². The molecule has 0 bridgehead atoms. The number of benzene rings is 10. The maximum Gasteiger partial charge on any atom is 0.0468 e. The molecule has 0 saturated heterocycles. The van der Waals surface area contributed by atoms with E-state index in [2.05, 4.69) is 229 Å². The summed E-state index contributed by atoms with van der Waals surface area (Å²) >= 11 is 0. The third kappa shape index (κ3) is 6.22. The number of hydrogen-bond acceptors (Lipinski definition) is 1. The highest BCUT2D eigenvalue weighted by molar-refractivity contribution is 6.17. The lowest BCUT2D eigenvalue weighted by Crippen LogP contribution is -2.10. The molecule has 0 aliphatic rings. The SMILES string of the molecule is c1ccc(-c2ccc(-c3ccc(N(c4cccc(-c5ccc(-c6ccccc6)cc5)c4)c4ccc5ccc6c7ccccc7ccc6c5c4)cc3)cc2)cc1. The fourth-order valence-electron chi connectivity index (χ4n) is 7.99. The maximum atomic E-state index is 2.39. The minimum Gasteiger partial charge on any atom is -0.310 e. The largest absolute Gasteiger partial charge is 0.310 e. The molecule has 0 N–H and O–H groups in total. The Hall–Kier alpha value is -7.22. The van der Waals surface area contributed by atoms with Crippen LogP contribution in [0.3, 0.4) is 0 Å². The van der Waals surface area contributed by atoms with Crippen molar-refractivity contribution in [2.24, 2.45) is 0 Å². The molecule has 258 valence electrons.